The molecule has 1 saturated heterocycles. The highest BCUT2D eigenvalue weighted by Crippen LogP contribution is 2.34. The summed E-state index contributed by atoms with van der Waals surface area (Å²) in [5.41, 5.74) is 0. The first-order valence-electron chi connectivity index (χ1n) is 5.15. The number of ether oxygens (including phenoxy) is 1. The van der Waals surface area contributed by atoms with E-state index in [2.05, 4.69) is 5.32 Å². The van der Waals surface area contributed by atoms with Crippen molar-refractivity contribution in [3.05, 3.63) is 27.2 Å². The Morgan fingerprint density at radius 2 is 1.94 bits per heavy atom. The van der Waals surface area contributed by atoms with Crippen molar-refractivity contribution >= 4 is 34.8 Å². The van der Waals surface area contributed by atoms with Crippen LogP contribution in [-0.4, -0.2) is 19.7 Å². The Balaban J connectivity index is 2.00. The van der Waals surface area contributed by atoms with Gasteiger partial charge in [0.25, 0.3) is 0 Å². The standard InChI is InChI=1S/C11H12Cl3NO/c12-8-3-10(14)11(4-9(8)13)16-6-7-1-2-15-5-7/h3-4,7,15H,1-2,5-6H2/t7-/m1/s1. The molecule has 0 bridgehead atoms. The van der Waals surface area contributed by atoms with Gasteiger partial charge in [-0.05, 0) is 19.0 Å². The minimum atomic E-state index is 0.446. The molecule has 1 aliphatic rings. The molecule has 0 unspecified atom stereocenters. The van der Waals surface area contributed by atoms with E-state index in [0.29, 0.717) is 33.3 Å². The zero-order valence-electron chi connectivity index (χ0n) is 8.60. The molecule has 1 aromatic rings. The largest absolute Gasteiger partial charge is 0.492 e. The molecule has 88 valence electrons. The topological polar surface area (TPSA) is 21.3 Å². The number of rotatable bonds is 3. The molecule has 1 heterocycles. The quantitative estimate of drug-likeness (QED) is 0.854. The fourth-order valence-corrected chi connectivity index (χ4v) is 2.27. The third-order valence-corrected chi connectivity index (χ3v) is 3.63. The van der Waals surface area contributed by atoms with Gasteiger partial charge < -0.3 is 10.1 Å². The van der Waals surface area contributed by atoms with Crippen LogP contribution < -0.4 is 10.1 Å². The molecule has 1 atom stereocenters. The highest BCUT2D eigenvalue weighted by Gasteiger charge is 2.16. The smallest absolute Gasteiger partial charge is 0.139 e. The number of benzene rings is 1. The van der Waals surface area contributed by atoms with Crippen LogP contribution >= 0.6 is 34.8 Å². The summed E-state index contributed by atoms with van der Waals surface area (Å²) in [5, 5.41) is 4.69. The Morgan fingerprint density at radius 3 is 2.62 bits per heavy atom. The van der Waals surface area contributed by atoms with Crippen LogP contribution in [0.2, 0.25) is 15.1 Å². The Hall–Kier alpha value is -0.150. The van der Waals surface area contributed by atoms with Gasteiger partial charge in [-0.2, -0.15) is 0 Å². The van der Waals surface area contributed by atoms with E-state index in [1.54, 1.807) is 12.1 Å². The van der Waals surface area contributed by atoms with E-state index in [-0.39, 0.29) is 0 Å². The highest BCUT2D eigenvalue weighted by atomic mass is 35.5. The van der Waals surface area contributed by atoms with Crippen molar-refractivity contribution < 1.29 is 4.74 Å². The second-order valence-corrected chi connectivity index (χ2v) is 5.09. The lowest BCUT2D eigenvalue weighted by atomic mass is 10.1. The number of nitrogens with one attached hydrogen (secondary N) is 1. The molecule has 0 amide bonds. The summed E-state index contributed by atoms with van der Waals surface area (Å²) >= 11 is 17.7. The average molecular weight is 281 g/mol. The third-order valence-electron chi connectivity index (χ3n) is 2.61. The van der Waals surface area contributed by atoms with Gasteiger partial charge in [-0.15, -0.1) is 0 Å². The Bertz CT molecular complexity index is 378. The monoisotopic (exact) mass is 279 g/mol. The molecule has 1 aliphatic heterocycles. The van der Waals surface area contributed by atoms with E-state index < -0.39 is 0 Å². The summed E-state index contributed by atoms with van der Waals surface area (Å²) in [5.74, 6) is 1.15. The van der Waals surface area contributed by atoms with Crippen molar-refractivity contribution in [3.8, 4) is 5.75 Å². The molecule has 5 heteroatoms. The molecule has 0 radical (unpaired) electrons. The first kappa shape index (κ1) is 12.3. The zero-order chi connectivity index (χ0) is 11.5. The zero-order valence-corrected chi connectivity index (χ0v) is 10.9. The molecule has 2 nitrogen and oxygen atoms in total. The molecule has 16 heavy (non-hydrogen) atoms. The van der Waals surface area contributed by atoms with Crippen LogP contribution in [0.4, 0.5) is 0 Å². The third kappa shape index (κ3) is 2.95. The fourth-order valence-electron chi connectivity index (χ4n) is 1.68. The van der Waals surface area contributed by atoms with Gasteiger partial charge in [-0.25, -0.2) is 0 Å². The van der Waals surface area contributed by atoms with E-state index in [1.807, 2.05) is 0 Å². The molecular formula is C11H12Cl3NO. The van der Waals surface area contributed by atoms with E-state index >= 15 is 0 Å². The summed E-state index contributed by atoms with van der Waals surface area (Å²) < 4.78 is 5.64. The van der Waals surface area contributed by atoms with Gasteiger partial charge in [-0.1, -0.05) is 34.8 Å². The van der Waals surface area contributed by atoms with Gasteiger partial charge in [0.05, 0.1) is 21.7 Å². The molecule has 0 aliphatic carbocycles. The van der Waals surface area contributed by atoms with Crippen LogP contribution in [0.3, 0.4) is 0 Å². The molecule has 1 aromatic carbocycles. The second-order valence-electron chi connectivity index (χ2n) is 3.87. The van der Waals surface area contributed by atoms with Crippen LogP contribution in [0.1, 0.15) is 6.42 Å². The maximum absolute atomic E-state index is 6.00. The van der Waals surface area contributed by atoms with Crippen LogP contribution in [0.15, 0.2) is 12.1 Å². The predicted octanol–water partition coefficient (Wildman–Crippen LogP) is 3.64. The summed E-state index contributed by atoms with van der Waals surface area (Å²) in [6.07, 6.45) is 1.14. The molecule has 1 fully saturated rings. The molecule has 0 saturated carbocycles. The van der Waals surface area contributed by atoms with Gasteiger partial charge in [0.2, 0.25) is 0 Å². The predicted molar refractivity (Wildman–Crippen MR) is 67.9 cm³/mol. The molecule has 1 N–H and O–H groups in total. The van der Waals surface area contributed by atoms with Gasteiger partial charge in [0.1, 0.15) is 5.75 Å². The average Bonchev–Trinajstić information content (AvgIpc) is 2.74. The van der Waals surface area contributed by atoms with Crippen LogP contribution in [0, 0.1) is 5.92 Å². The summed E-state index contributed by atoms with van der Waals surface area (Å²) in [6, 6.07) is 3.27. The van der Waals surface area contributed by atoms with Gasteiger partial charge in [0.15, 0.2) is 0 Å². The van der Waals surface area contributed by atoms with Gasteiger partial charge >= 0.3 is 0 Å². The normalized spacial score (nSPS) is 20.1. The molecule has 0 aromatic heterocycles. The summed E-state index contributed by atoms with van der Waals surface area (Å²) in [6.45, 7) is 2.72. The lowest BCUT2D eigenvalue weighted by molar-refractivity contribution is 0.260. The van der Waals surface area contributed by atoms with Crippen molar-refractivity contribution in [1.82, 2.24) is 5.32 Å². The minimum Gasteiger partial charge on any atom is -0.492 e. The van der Waals surface area contributed by atoms with Crippen molar-refractivity contribution in [2.75, 3.05) is 19.7 Å². The van der Waals surface area contributed by atoms with Crippen LogP contribution in [-0.2, 0) is 0 Å². The Labute approximate surface area is 110 Å². The fraction of sp³-hybridized carbons (Fsp3) is 0.455. The summed E-state index contributed by atoms with van der Waals surface area (Å²) in [7, 11) is 0. The minimum absolute atomic E-state index is 0.446. The van der Waals surface area contributed by atoms with E-state index in [1.165, 1.54) is 0 Å². The van der Waals surface area contributed by atoms with Crippen molar-refractivity contribution in [3.63, 3.8) is 0 Å². The van der Waals surface area contributed by atoms with Crippen molar-refractivity contribution in [2.24, 2.45) is 5.92 Å². The molecular weight excluding hydrogens is 268 g/mol. The van der Waals surface area contributed by atoms with Crippen LogP contribution in [0.25, 0.3) is 0 Å². The summed E-state index contributed by atoms with van der Waals surface area (Å²) in [4.78, 5) is 0. The first-order valence-corrected chi connectivity index (χ1v) is 6.28. The molecule has 0 spiro atoms. The van der Waals surface area contributed by atoms with E-state index in [9.17, 15) is 0 Å². The maximum atomic E-state index is 6.00. The second kappa shape index (κ2) is 5.46. The number of hydrogen-bond acceptors (Lipinski definition) is 2. The van der Waals surface area contributed by atoms with E-state index in [4.69, 9.17) is 39.5 Å². The van der Waals surface area contributed by atoms with Crippen LogP contribution in [0.5, 0.6) is 5.75 Å². The van der Waals surface area contributed by atoms with Crippen molar-refractivity contribution in [1.29, 1.82) is 0 Å². The lowest BCUT2D eigenvalue weighted by Crippen LogP contribution is -2.15. The SMILES string of the molecule is Clc1cc(Cl)c(OC[C@@H]2CCNC2)cc1Cl. The number of halogens is 3. The highest BCUT2D eigenvalue weighted by molar-refractivity contribution is 6.43. The molecule has 2 rings (SSSR count). The Kier molecular flexibility index (Phi) is 4.20. The number of hydrogen-bond donors (Lipinski definition) is 1. The lowest BCUT2D eigenvalue weighted by Gasteiger charge is -2.12. The van der Waals surface area contributed by atoms with Gasteiger partial charge in [0, 0.05) is 18.5 Å². The first-order chi connectivity index (χ1) is 7.66. The van der Waals surface area contributed by atoms with E-state index in [0.717, 1.165) is 19.5 Å². The van der Waals surface area contributed by atoms with Gasteiger partial charge in [-0.3, -0.25) is 0 Å². The Morgan fingerprint density at radius 1 is 1.19 bits per heavy atom. The van der Waals surface area contributed by atoms with Crippen molar-refractivity contribution in [2.45, 2.75) is 6.42 Å². The maximum Gasteiger partial charge on any atom is 0.139 e.